The van der Waals surface area contributed by atoms with E-state index in [9.17, 15) is 0 Å². The Kier molecular flexibility index (Phi) is 5.89. The number of anilines is 1. The van der Waals surface area contributed by atoms with E-state index >= 15 is 0 Å². The maximum absolute atomic E-state index is 5.36. The normalized spacial score (nSPS) is 26.6. The largest absolute Gasteiger partial charge is 0.382 e. The van der Waals surface area contributed by atoms with Gasteiger partial charge in [0, 0.05) is 38.2 Å². The Labute approximate surface area is 122 Å². The first-order chi connectivity index (χ1) is 9.74. The lowest BCUT2D eigenvalue weighted by molar-refractivity contribution is 0.147. The zero-order valence-electron chi connectivity index (χ0n) is 13.1. The van der Waals surface area contributed by atoms with Crippen molar-refractivity contribution < 1.29 is 4.74 Å². The van der Waals surface area contributed by atoms with Crippen LogP contribution in [0, 0.1) is 11.8 Å². The highest BCUT2D eigenvalue weighted by atomic mass is 16.5. The third-order valence-corrected chi connectivity index (χ3v) is 4.64. The molecule has 2 rings (SSSR count). The molecule has 0 amide bonds. The van der Waals surface area contributed by atoms with Gasteiger partial charge in [0.2, 0.25) is 5.95 Å². The average Bonchev–Trinajstić information content (AvgIpc) is 2.90. The molecule has 1 heterocycles. The summed E-state index contributed by atoms with van der Waals surface area (Å²) in [6.07, 6.45) is 9.04. The van der Waals surface area contributed by atoms with Crippen molar-refractivity contribution in [2.24, 2.45) is 11.8 Å². The third kappa shape index (κ3) is 3.75. The molecule has 20 heavy (non-hydrogen) atoms. The smallest absolute Gasteiger partial charge is 0.203 e. The topological polar surface area (TPSA) is 39.1 Å². The molecule has 1 fully saturated rings. The Hall–Kier alpha value is -1.03. The van der Waals surface area contributed by atoms with E-state index in [1.807, 2.05) is 13.1 Å². The molecular weight excluding hydrogens is 250 g/mol. The van der Waals surface area contributed by atoms with E-state index in [1.54, 1.807) is 0 Å². The van der Waals surface area contributed by atoms with Crippen LogP contribution in [0.15, 0.2) is 12.4 Å². The monoisotopic (exact) mass is 279 g/mol. The molecule has 114 valence electrons. The van der Waals surface area contributed by atoms with Gasteiger partial charge in [-0.3, -0.25) is 0 Å². The highest BCUT2D eigenvalue weighted by Gasteiger charge is 2.29. The van der Waals surface area contributed by atoms with Gasteiger partial charge in [-0.15, -0.1) is 0 Å². The van der Waals surface area contributed by atoms with Crippen molar-refractivity contribution in [1.29, 1.82) is 0 Å². The van der Waals surface area contributed by atoms with Gasteiger partial charge in [0.25, 0.3) is 0 Å². The Morgan fingerprint density at radius 3 is 3.05 bits per heavy atom. The molecule has 0 aromatic carbocycles. The van der Waals surface area contributed by atoms with Gasteiger partial charge >= 0.3 is 0 Å². The zero-order chi connectivity index (χ0) is 14.4. The second-order valence-corrected chi connectivity index (χ2v) is 5.97. The van der Waals surface area contributed by atoms with Crippen LogP contribution in [0.1, 0.15) is 52.5 Å². The molecule has 3 atom stereocenters. The first-order valence-corrected chi connectivity index (χ1v) is 8.08. The van der Waals surface area contributed by atoms with Gasteiger partial charge in [0.05, 0.1) is 0 Å². The van der Waals surface area contributed by atoms with Crippen LogP contribution in [0.2, 0.25) is 0 Å². The van der Waals surface area contributed by atoms with Crippen LogP contribution in [0.5, 0.6) is 0 Å². The van der Waals surface area contributed by atoms with Crippen molar-refractivity contribution >= 4 is 5.95 Å². The highest BCUT2D eigenvalue weighted by Crippen LogP contribution is 2.38. The number of rotatable bonds is 7. The van der Waals surface area contributed by atoms with Crippen molar-refractivity contribution in [2.45, 2.75) is 52.5 Å². The molecule has 1 saturated carbocycles. The van der Waals surface area contributed by atoms with Gasteiger partial charge in [-0.2, -0.15) is 0 Å². The lowest BCUT2D eigenvalue weighted by Crippen LogP contribution is -2.27. The maximum atomic E-state index is 5.36. The minimum absolute atomic E-state index is 0.593. The van der Waals surface area contributed by atoms with Crippen molar-refractivity contribution in [1.82, 2.24) is 9.55 Å². The Bertz CT molecular complexity index is 391. The molecule has 0 radical (unpaired) electrons. The van der Waals surface area contributed by atoms with E-state index in [2.05, 4.69) is 34.9 Å². The first-order valence-electron chi connectivity index (χ1n) is 8.08. The van der Waals surface area contributed by atoms with E-state index < -0.39 is 0 Å². The molecule has 1 aromatic rings. The van der Waals surface area contributed by atoms with Gasteiger partial charge in [-0.25, -0.2) is 4.98 Å². The molecule has 1 aliphatic rings. The van der Waals surface area contributed by atoms with Gasteiger partial charge in [0.1, 0.15) is 0 Å². The second kappa shape index (κ2) is 7.67. The molecule has 1 N–H and O–H groups in total. The SMILES string of the molecule is CCOCCCNc1nccn1C1CCCC(C)C1C. The molecule has 4 nitrogen and oxygen atoms in total. The minimum atomic E-state index is 0.593. The standard InChI is InChI=1S/C16H29N3O/c1-4-20-12-6-9-17-16-18-10-11-19(16)15-8-5-7-13(2)14(15)3/h10-11,13-15H,4-9,12H2,1-3H3,(H,17,18). The third-order valence-electron chi connectivity index (χ3n) is 4.64. The van der Waals surface area contributed by atoms with Crippen LogP contribution >= 0.6 is 0 Å². The molecule has 0 aliphatic heterocycles. The Morgan fingerprint density at radius 2 is 2.25 bits per heavy atom. The molecule has 4 heteroatoms. The molecule has 0 saturated heterocycles. The predicted molar refractivity (Wildman–Crippen MR) is 83.0 cm³/mol. The Morgan fingerprint density at radius 1 is 1.40 bits per heavy atom. The Balaban J connectivity index is 1.90. The van der Waals surface area contributed by atoms with Crippen LogP contribution in [-0.2, 0) is 4.74 Å². The minimum Gasteiger partial charge on any atom is -0.382 e. The van der Waals surface area contributed by atoms with Crippen LogP contribution in [-0.4, -0.2) is 29.3 Å². The van der Waals surface area contributed by atoms with Crippen molar-refractivity contribution in [3.8, 4) is 0 Å². The lowest BCUT2D eigenvalue weighted by atomic mass is 9.78. The summed E-state index contributed by atoms with van der Waals surface area (Å²) < 4.78 is 7.71. The second-order valence-electron chi connectivity index (χ2n) is 5.97. The molecular formula is C16H29N3O. The van der Waals surface area contributed by atoms with E-state index in [0.717, 1.165) is 44.0 Å². The fourth-order valence-electron chi connectivity index (χ4n) is 3.18. The number of hydrogen-bond acceptors (Lipinski definition) is 3. The van der Waals surface area contributed by atoms with Gasteiger partial charge in [0.15, 0.2) is 0 Å². The van der Waals surface area contributed by atoms with Crippen molar-refractivity contribution in [3.05, 3.63) is 12.4 Å². The molecule has 1 aliphatic carbocycles. The summed E-state index contributed by atoms with van der Waals surface area (Å²) in [6.45, 7) is 9.34. The first kappa shape index (κ1) is 15.4. The number of ether oxygens (including phenoxy) is 1. The number of aromatic nitrogens is 2. The number of nitrogens with zero attached hydrogens (tertiary/aromatic N) is 2. The highest BCUT2D eigenvalue weighted by molar-refractivity contribution is 5.26. The van der Waals surface area contributed by atoms with E-state index in [4.69, 9.17) is 4.74 Å². The van der Waals surface area contributed by atoms with Crippen LogP contribution in [0.3, 0.4) is 0 Å². The summed E-state index contributed by atoms with van der Waals surface area (Å²) in [7, 11) is 0. The fourth-order valence-corrected chi connectivity index (χ4v) is 3.18. The summed E-state index contributed by atoms with van der Waals surface area (Å²) >= 11 is 0. The van der Waals surface area contributed by atoms with Crippen LogP contribution < -0.4 is 5.32 Å². The number of nitrogens with one attached hydrogen (secondary N) is 1. The molecule has 3 unspecified atom stereocenters. The summed E-state index contributed by atoms with van der Waals surface area (Å²) in [5.74, 6) is 2.55. The predicted octanol–water partition coefficient (Wildman–Crippen LogP) is 3.72. The summed E-state index contributed by atoms with van der Waals surface area (Å²) in [5, 5.41) is 3.46. The van der Waals surface area contributed by atoms with Crippen LogP contribution in [0.4, 0.5) is 5.95 Å². The summed E-state index contributed by atoms with van der Waals surface area (Å²) in [4.78, 5) is 4.48. The number of imidazole rings is 1. The summed E-state index contributed by atoms with van der Waals surface area (Å²) in [5.41, 5.74) is 0. The molecule has 0 bridgehead atoms. The fraction of sp³-hybridized carbons (Fsp3) is 0.812. The molecule has 1 aromatic heterocycles. The maximum Gasteiger partial charge on any atom is 0.203 e. The van der Waals surface area contributed by atoms with E-state index in [0.29, 0.717) is 6.04 Å². The van der Waals surface area contributed by atoms with Crippen LogP contribution in [0.25, 0.3) is 0 Å². The lowest BCUT2D eigenvalue weighted by Gasteiger charge is -2.35. The quantitative estimate of drug-likeness (QED) is 0.773. The van der Waals surface area contributed by atoms with E-state index in [-0.39, 0.29) is 0 Å². The van der Waals surface area contributed by atoms with Crippen molar-refractivity contribution in [3.63, 3.8) is 0 Å². The van der Waals surface area contributed by atoms with E-state index in [1.165, 1.54) is 19.3 Å². The number of hydrogen-bond donors (Lipinski definition) is 1. The van der Waals surface area contributed by atoms with Gasteiger partial charge < -0.3 is 14.6 Å². The zero-order valence-corrected chi connectivity index (χ0v) is 13.1. The summed E-state index contributed by atoms with van der Waals surface area (Å²) in [6, 6.07) is 0.593. The van der Waals surface area contributed by atoms with Crippen molar-refractivity contribution in [2.75, 3.05) is 25.1 Å². The average molecular weight is 279 g/mol. The van der Waals surface area contributed by atoms with Gasteiger partial charge in [-0.05, 0) is 31.6 Å². The molecule has 0 spiro atoms. The van der Waals surface area contributed by atoms with Gasteiger partial charge in [-0.1, -0.05) is 26.7 Å².